The lowest BCUT2D eigenvalue weighted by Gasteiger charge is -2.11. The summed E-state index contributed by atoms with van der Waals surface area (Å²) >= 11 is 1.55. The van der Waals surface area contributed by atoms with Crippen LogP contribution in [0.2, 0.25) is 0 Å². The van der Waals surface area contributed by atoms with Crippen molar-refractivity contribution in [2.45, 2.75) is 13.0 Å². The second-order valence-electron chi connectivity index (χ2n) is 7.69. The van der Waals surface area contributed by atoms with E-state index in [2.05, 4.69) is 16.4 Å². The quantitative estimate of drug-likeness (QED) is 0.347. The first-order valence-electron chi connectivity index (χ1n) is 10.6. The van der Waals surface area contributed by atoms with E-state index in [1.807, 2.05) is 78.2 Å². The maximum atomic E-state index is 12.9. The van der Waals surface area contributed by atoms with Gasteiger partial charge in [0.15, 0.2) is 5.82 Å². The third-order valence-corrected chi connectivity index (χ3v) is 6.27. The number of carbonyl (C=O) groups excluding carboxylic acids is 1. The van der Waals surface area contributed by atoms with Crippen LogP contribution in [0.15, 0.2) is 90.4 Å². The number of aliphatic hydroxyl groups is 1. The highest BCUT2D eigenvalue weighted by Gasteiger charge is 2.15. The van der Waals surface area contributed by atoms with Gasteiger partial charge >= 0.3 is 0 Å². The van der Waals surface area contributed by atoms with Gasteiger partial charge in [0.25, 0.3) is 0 Å². The number of benzene rings is 3. The van der Waals surface area contributed by atoms with E-state index in [0.717, 1.165) is 32.3 Å². The monoisotopic (exact) mass is 451 g/mol. The van der Waals surface area contributed by atoms with Crippen LogP contribution in [0.1, 0.15) is 11.1 Å². The van der Waals surface area contributed by atoms with Crippen molar-refractivity contribution in [2.75, 3.05) is 5.32 Å². The number of carbonyl (C=O) groups is 1. The molecule has 6 heteroatoms. The minimum absolute atomic E-state index is 0.00538. The fourth-order valence-corrected chi connectivity index (χ4v) is 4.41. The Morgan fingerprint density at radius 1 is 0.909 bits per heavy atom. The standard InChI is InChI=1S/C27H21N3O2S/c31-17-18-7-11-21(12-8-18)23-16-28-27(26(29-23)24-6-3-13-33-24)30-25(32)15-19-9-10-20-4-1-2-5-22(20)14-19/h1-14,16,31H,15,17H2,(H,28,30,32). The molecule has 5 rings (SSSR count). The Kier molecular flexibility index (Phi) is 5.93. The fraction of sp³-hybridized carbons (Fsp3) is 0.0741. The molecule has 0 aliphatic carbocycles. The van der Waals surface area contributed by atoms with Crippen molar-refractivity contribution in [1.82, 2.24) is 9.97 Å². The van der Waals surface area contributed by atoms with Gasteiger partial charge in [-0.15, -0.1) is 11.3 Å². The maximum Gasteiger partial charge on any atom is 0.230 e. The molecule has 0 bridgehead atoms. The molecule has 0 saturated carbocycles. The Labute approximate surface area is 195 Å². The van der Waals surface area contributed by atoms with Gasteiger partial charge in [-0.1, -0.05) is 72.8 Å². The number of fused-ring (bicyclic) bond motifs is 1. The van der Waals surface area contributed by atoms with Crippen molar-refractivity contribution in [3.63, 3.8) is 0 Å². The number of aromatic nitrogens is 2. The van der Waals surface area contributed by atoms with Crippen LogP contribution >= 0.6 is 11.3 Å². The van der Waals surface area contributed by atoms with Gasteiger partial charge in [-0.3, -0.25) is 4.79 Å². The molecule has 2 N–H and O–H groups in total. The van der Waals surface area contributed by atoms with E-state index in [-0.39, 0.29) is 18.9 Å². The van der Waals surface area contributed by atoms with Crippen molar-refractivity contribution in [2.24, 2.45) is 0 Å². The molecular weight excluding hydrogens is 430 g/mol. The Hall–Kier alpha value is -3.87. The van der Waals surface area contributed by atoms with Crippen LogP contribution in [-0.4, -0.2) is 21.0 Å². The number of amides is 1. The molecule has 2 heterocycles. The Morgan fingerprint density at radius 2 is 1.70 bits per heavy atom. The molecule has 0 radical (unpaired) electrons. The normalized spacial score (nSPS) is 10.9. The molecule has 0 fully saturated rings. The first-order valence-corrected chi connectivity index (χ1v) is 11.5. The van der Waals surface area contributed by atoms with E-state index < -0.39 is 0 Å². The van der Waals surface area contributed by atoms with E-state index in [4.69, 9.17) is 4.98 Å². The predicted octanol–water partition coefficient (Wildman–Crippen LogP) is 5.70. The molecule has 0 atom stereocenters. The van der Waals surface area contributed by atoms with Crippen molar-refractivity contribution in [3.8, 4) is 21.8 Å². The van der Waals surface area contributed by atoms with Gasteiger partial charge in [-0.05, 0) is 33.3 Å². The van der Waals surface area contributed by atoms with Crippen LogP contribution in [0.5, 0.6) is 0 Å². The predicted molar refractivity (Wildman–Crippen MR) is 133 cm³/mol. The molecule has 0 aliphatic rings. The van der Waals surface area contributed by atoms with E-state index in [1.165, 1.54) is 0 Å². The number of rotatable bonds is 6. The average molecular weight is 452 g/mol. The zero-order valence-electron chi connectivity index (χ0n) is 17.7. The van der Waals surface area contributed by atoms with Gasteiger partial charge in [-0.25, -0.2) is 9.97 Å². The molecule has 0 spiro atoms. The second-order valence-corrected chi connectivity index (χ2v) is 8.64. The van der Waals surface area contributed by atoms with Crippen molar-refractivity contribution >= 4 is 33.8 Å². The third kappa shape index (κ3) is 4.67. The molecule has 2 aromatic heterocycles. The third-order valence-electron chi connectivity index (χ3n) is 5.40. The molecule has 1 amide bonds. The number of nitrogens with one attached hydrogen (secondary N) is 1. The average Bonchev–Trinajstić information content (AvgIpc) is 3.39. The lowest BCUT2D eigenvalue weighted by Crippen LogP contribution is -2.16. The molecule has 162 valence electrons. The highest BCUT2D eigenvalue weighted by atomic mass is 32.1. The smallest absolute Gasteiger partial charge is 0.230 e. The van der Waals surface area contributed by atoms with Crippen LogP contribution in [0.4, 0.5) is 5.82 Å². The fourth-order valence-electron chi connectivity index (χ4n) is 3.70. The van der Waals surface area contributed by atoms with E-state index in [1.54, 1.807) is 17.5 Å². The second kappa shape index (κ2) is 9.32. The summed E-state index contributed by atoms with van der Waals surface area (Å²) in [6, 6.07) is 25.6. The number of nitrogens with zero attached hydrogens (tertiary/aromatic N) is 2. The summed E-state index contributed by atoms with van der Waals surface area (Å²) in [5, 5.41) is 16.5. The first kappa shape index (κ1) is 21.0. The van der Waals surface area contributed by atoms with Crippen LogP contribution in [0.3, 0.4) is 0 Å². The van der Waals surface area contributed by atoms with Gasteiger partial charge in [0.2, 0.25) is 5.91 Å². The van der Waals surface area contributed by atoms with E-state index in [0.29, 0.717) is 17.2 Å². The molecule has 5 nitrogen and oxygen atoms in total. The van der Waals surface area contributed by atoms with E-state index >= 15 is 0 Å². The van der Waals surface area contributed by atoms with Crippen molar-refractivity contribution in [3.05, 3.63) is 102 Å². The summed E-state index contributed by atoms with van der Waals surface area (Å²) in [5.41, 5.74) is 4.02. The highest BCUT2D eigenvalue weighted by molar-refractivity contribution is 7.13. The molecule has 0 unspecified atom stereocenters. The van der Waals surface area contributed by atoms with Crippen LogP contribution in [0, 0.1) is 0 Å². The summed E-state index contributed by atoms with van der Waals surface area (Å²) in [7, 11) is 0. The van der Waals surface area contributed by atoms with Gasteiger partial charge in [0.1, 0.15) is 5.69 Å². The summed E-state index contributed by atoms with van der Waals surface area (Å²) in [6.07, 6.45) is 1.91. The Bertz CT molecular complexity index is 1410. The number of hydrogen-bond donors (Lipinski definition) is 2. The van der Waals surface area contributed by atoms with Gasteiger partial charge < -0.3 is 10.4 Å². The van der Waals surface area contributed by atoms with Crippen molar-refractivity contribution in [1.29, 1.82) is 0 Å². The number of anilines is 1. The van der Waals surface area contributed by atoms with Crippen LogP contribution in [0.25, 0.3) is 32.6 Å². The molecule has 33 heavy (non-hydrogen) atoms. The molecule has 5 aromatic rings. The minimum Gasteiger partial charge on any atom is -0.392 e. The highest BCUT2D eigenvalue weighted by Crippen LogP contribution is 2.31. The van der Waals surface area contributed by atoms with E-state index in [9.17, 15) is 9.90 Å². The molecular formula is C27H21N3O2S. The number of hydrogen-bond acceptors (Lipinski definition) is 5. The van der Waals surface area contributed by atoms with Crippen molar-refractivity contribution < 1.29 is 9.90 Å². The molecule has 0 saturated heterocycles. The molecule has 3 aromatic carbocycles. The number of aliphatic hydroxyl groups excluding tert-OH is 1. The van der Waals surface area contributed by atoms with Gasteiger partial charge in [0.05, 0.1) is 29.8 Å². The summed E-state index contributed by atoms with van der Waals surface area (Å²) in [4.78, 5) is 23.2. The largest absolute Gasteiger partial charge is 0.392 e. The van der Waals surface area contributed by atoms with Gasteiger partial charge in [-0.2, -0.15) is 0 Å². The Balaban J connectivity index is 1.42. The topological polar surface area (TPSA) is 75.1 Å². The Morgan fingerprint density at radius 3 is 2.45 bits per heavy atom. The maximum absolute atomic E-state index is 12.9. The van der Waals surface area contributed by atoms with Crippen LogP contribution < -0.4 is 5.32 Å². The van der Waals surface area contributed by atoms with Crippen LogP contribution in [-0.2, 0) is 17.8 Å². The summed E-state index contributed by atoms with van der Waals surface area (Å²) < 4.78 is 0. The molecule has 0 aliphatic heterocycles. The SMILES string of the molecule is O=C(Cc1ccc2ccccc2c1)Nc1ncc(-c2ccc(CO)cc2)nc1-c1cccs1. The minimum atomic E-state index is -0.141. The zero-order valence-corrected chi connectivity index (χ0v) is 18.5. The lowest BCUT2D eigenvalue weighted by molar-refractivity contribution is -0.115. The number of thiophene rings is 1. The zero-order chi connectivity index (χ0) is 22.6. The summed E-state index contributed by atoms with van der Waals surface area (Å²) in [5.74, 6) is 0.302. The summed E-state index contributed by atoms with van der Waals surface area (Å²) in [6.45, 7) is -0.00538. The van der Waals surface area contributed by atoms with Gasteiger partial charge in [0, 0.05) is 5.56 Å². The lowest BCUT2D eigenvalue weighted by atomic mass is 10.0. The first-order chi connectivity index (χ1) is 16.2.